The molecule has 2 aromatic carbocycles. The van der Waals surface area contributed by atoms with Crippen LogP contribution < -0.4 is 16.0 Å². The third kappa shape index (κ3) is 7.24. The zero-order chi connectivity index (χ0) is 33.1. The average molecular weight is 649 g/mol. The molecule has 3 saturated heterocycles. The first-order valence-electron chi connectivity index (χ1n) is 17.0. The Labute approximate surface area is 276 Å². The minimum Gasteiger partial charge on any atom is -0.446 e. The van der Waals surface area contributed by atoms with Crippen LogP contribution in [0.25, 0.3) is 0 Å². The molecule has 1 aliphatic carbocycles. The second-order valence-electron chi connectivity index (χ2n) is 14.1. The number of alkyl halides is 1. The number of nitrogens with two attached hydrogens (primary N) is 1. The molecule has 6 rings (SSSR count). The molecule has 11 heteroatoms. The Balaban J connectivity index is 1.12. The predicted molar refractivity (Wildman–Crippen MR) is 175 cm³/mol. The number of benzene rings is 2. The molecule has 3 aliphatic heterocycles. The van der Waals surface area contributed by atoms with Crippen molar-refractivity contribution in [2.75, 3.05) is 57.3 Å². The lowest BCUT2D eigenvalue weighted by Crippen LogP contribution is -2.57. The summed E-state index contributed by atoms with van der Waals surface area (Å²) < 4.78 is 33.8. The zero-order valence-electron chi connectivity index (χ0n) is 27.2. The van der Waals surface area contributed by atoms with E-state index >= 15 is 0 Å². The van der Waals surface area contributed by atoms with E-state index in [1.165, 1.54) is 13.0 Å². The van der Waals surface area contributed by atoms with E-state index in [4.69, 9.17) is 10.5 Å². The van der Waals surface area contributed by atoms with Gasteiger partial charge in [0.15, 0.2) is 0 Å². The Morgan fingerprint density at radius 1 is 1.06 bits per heavy atom. The first-order chi connectivity index (χ1) is 22.6. The second-order valence-corrected chi connectivity index (χ2v) is 14.1. The number of anilines is 1. The molecule has 0 radical (unpaired) electrons. The molecule has 0 spiro atoms. The number of carbonyl (C=O) groups excluding carboxylic acids is 2. The number of primary amides is 1. The standard InChI is InChI=1S/C36H46F2N6O3/c1-24(45)41-23-36(29-4-2-5-30(37)15-29,33-6-3-7-34(33)47-35(40)46)28-10-12-42(13-11-28)17-25-18-44(19-25)32-9-8-26(16-39)27(14-32)20-43-21-31(38)22-43/h2,4-5,8-9,14-15,25,28,31,33-34H,3,6-7,10-13,17-23H2,1H3,(H2,40,46)(H,41,45)/t33-,34-,36?/m0/s1. The maximum atomic E-state index is 14.8. The van der Waals surface area contributed by atoms with Crippen LogP contribution in [0.15, 0.2) is 42.5 Å². The molecule has 3 atom stereocenters. The SMILES string of the molecule is CC(=O)NCC(c1cccc(F)c1)(C1CCN(CC2CN(c3ccc(C#N)c(CN4CC(F)C4)c3)C2)CC1)[C@H]1CCC[C@@H]1OC(N)=O. The Morgan fingerprint density at radius 3 is 2.49 bits per heavy atom. The summed E-state index contributed by atoms with van der Waals surface area (Å²) in [6.07, 6.45) is 2.16. The molecule has 1 saturated carbocycles. The Bertz CT molecular complexity index is 1480. The topological polar surface area (TPSA) is 115 Å². The maximum Gasteiger partial charge on any atom is 0.404 e. The Hall–Kier alpha value is -3.75. The first kappa shape index (κ1) is 33.2. The fourth-order valence-electron chi connectivity index (χ4n) is 8.77. The lowest BCUT2D eigenvalue weighted by atomic mass is 9.58. The molecule has 3 N–H and O–H groups in total. The number of hydrogen-bond acceptors (Lipinski definition) is 7. The molecule has 1 unspecified atom stereocenters. The molecular formula is C36H46F2N6O3. The fourth-order valence-corrected chi connectivity index (χ4v) is 8.77. The van der Waals surface area contributed by atoms with Crippen molar-refractivity contribution in [3.05, 3.63) is 65.0 Å². The third-order valence-electron chi connectivity index (χ3n) is 11.0. The van der Waals surface area contributed by atoms with E-state index in [0.717, 1.165) is 75.2 Å². The fraction of sp³-hybridized carbons (Fsp3) is 0.583. The quantitative estimate of drug-likeness (QED) is 0.373. The largest absolute Gasteiger partial charge is 0.446 e. The van der Waals surface area contributed by atoms with Gasteiger partial charge in [-0.3, -0.25) is 9.69 Å². The third-order valence-corrected chi connectivity index (χ3v) is 11.0. The van der Waals surface area contributed by atoms with Crippen LogP contribution in [-0.4, -0.2) is 86.4 Å². The van der Waals surface area contributed by atoms with Crippen molar-refractivity contribution in [3.63, 3.8) is 0 Å². The maximum absolute atomic E-state index is 14.8. The van der Waals surface area contributed by atoms with Crippen LogP contribution >= 0.6 is 0 Å². The van der Waals surface area contributed by atoms with Crippen LogP contribution in [0, 0.1) is 34.9 Å². The highest BCUT2D eigenvalue weighted by Crippen LogP contribution is 2.51. The van der Waals surface area contributed by atoms with Crippen LogP contribution in [0.1, 0.15) is 55.7 Å². The molecule has 4 aliphatic rings. The average Bonchev–Trinajstić information content (AvgIpc) is 3.46. The van der Waals surface area contributed by atoms with Crippen molar-refractivity contribution in [1.29, 1.82) is 5.26 Å². The zero-order valence-corrected chi connectivity index (χ0v) is 27.2. The van der Waals surface area contributed by atoms with E-state index in [1.54, 1.807) is 12.1 Å². The molecule has 47 heavy (non-hydrogen) atoms. The summed E-state index contributed by atoms with van der Waals surface area (Å²) in [6.45, 7) is 7.92. The number of piperidine rings is 1. The van der Waals surface area contributed by atoms with Crippen molar-refractivity contribution in [2.24, 2.45) is 23.5 Å². The molecule has 9 nitrogen and oxygen atoms in total. The normalized spacial score (nSPS) is 24.2. The van der Waals surface area contributed by atoms with Gasteiger partial charge in [-0.2, -0.15) is 5.26 Å². The molecular weight excluding hydrogens is 602 g/mol. The first-order valence-corrected chi connectivity index (χ1v) is 17.0. The van der Waals surface area contributed by atoms with Gasteiger partial charge in [-0.25, -0.2) is 13.6 Å². The molecule has 0 aromatic heterocycles. The van der Waals surface area contributed by atoms with Crippen molar-refractivity contribution < 1.29 is 23.1 Å². The summed E-state index contributed by atoms with van der Waals surface area (Å²) >= 11 is 0. The van der Waals surface area contributed by atoms with E-state index in [2.05, 4.69) is 27.3 Å². The van der Waals surface area contributed by atoms with Gasteiger partial charge in [0.25, 0.3) is 0 Å². The van der Waals surface area contributed by atoms with Crippen molar-refractivity contribution in [1.82, 2.24) is 15.1 Å². The molecule has 252 valence electrons. The van der Waals surface area contributed by atoms with Crippen molar-refractivity contribution >= 4 is 17.7 Å². The highest BCUT2D eigenvalue weighted by Gasteiger charge is 2.53. The number of halogens is 2. The smallest absolute Gasteiger partial charge is 0.404 e. The van der Waals surface area contributed by atoms with E-state index in [1.807, 2.05) is 23.1 Å². The van der Waals surface area contributed by atoms with E-state index < -0.39 is 23.8 Å². The molecule has 2 aromatic rings. The van der Waals surface area contributed by atoms with Crippen LogP contribution in [-0.2, 0) is 21.5 Å². The van der Waals surface area contributed by atoms with Gasteiger partial charge < -0.3 is 25.6 Å². The summed E-state index contributed by atoms with van der Waals surface area (Å²) in [5.74, 6) is 0.0892. The monoisotopic (exact) mass is 648 g/mol. The predicted octanol–water partition coefficient (Wildman–Crippen LogP) is 4.34. The highest BCUT2D eigenvalue weighted by molar-refractivity contribution is 5.73. The number of nitrogens with one attached hydrogen (secondary N) is 1. The number of carbonyl (C=O) groups is 2. The minimum atomic E-state index is -0.803. The summed E-state index contributed by atoms with van der Waals surface area (Å²) in [5, 5.41) is 12.7. The van der Waals surface area contributed by atoms with Gasteiger partial charge in [0.2, 0.25) is 5.91 Å². The second kappa shape index (κ2) is 14.2. The van der Waals surface area contributed by atoms with Crippen LogP contribution in [0.4, 0.5) is 19.3 Å². The number of rotatable bonds is 11. The lowest BCUT2D eigenvalue weighted by molar-refractivity contribution is -0.119. The summed E-state index contributed by atoms with van der Waals surface area (Å²) in [7, 11) is 0. The number of likely N-dealkylation sites (tertiary alicyclic amines) is 2. The van der Waals surface area contributed by atoms with Crippen LogP contribution in [0.3, 0.4) is 0 Å². The Kier molecular flexibility index (Phi) is 9.99. The number of hydrogen-bond donors (Lipinski definition) is 2. The number of nitriles is 1. The molecule has 2 amide bonds. The van der Waals surface area contributed by atoms with Crippen LogP contribution in [0.2, 0.25) is 0 Å². The van der Waals surface area contributed by atoms with Gasteiger partial charge in [-0.1, -0.05) is 12.1 Å². The van der Waals surface area contributed by atoms with Gasteiger partial charge in [0, 0.05) is 75.7 Å². The summed E-state index contributed by atoms with van der Waals surface area (Å²) in [4.78, 5) is 31.1. The minimum absolute atomic E-state index is 0.0998. The summed E-state index contributed by atoms with van der Waals surface area (Å²) in [6, 6.07) is 15.0. The molecule has 0 bridgehead atoms. The molecule has 3 heterocycles. The number of nitrogens with zero attached hydrogens (tertiary/aromatic N) is 4. The van der Waals surface area contributed by atoms with E-state index in [-0.39, 0.29) is 23.6 Å². The van der Waals surface area contributed by atoms with Gasteiger partial charge in [0.05, 0.1) is 11.6 Å². The van der Waals surface area contributed by atoms with Crippen molar-refractivity contribution in [2.45, 2.75) is 63.3 Å². The van der Waals surface area contributed by atoms with Gasteiger partial charge in [-0.15, -0.1) is 0 Å². The van der Waals surface area contributed by atoms with E-state index in [0.29, 0.717) is 44.1 Å². The van der Waals surface area contributed by atoms with Crippen molar-refractivity contribution in [3.8, 4) is 6.07 Å². The lowest BCUT2D eigenvalue weighted by Gasteiger charge is -2.51. The number of amides is 2. The van der Waals surface area contributed by atoms with E-state index in [9.17, 15) is 23.6 Å². The number of ether oxygens (including phenoxy) is 1. The van der Waals surface area contributed by atoms with Gasteiger partial charge in [0.1, 0.15) is 18.1 Å². The Morgan fingerprint density at radius 2 is 1.83 bits per heavy atom. The van der Waals surface area contributed by atoms with Gasteiger partial charge >= 0.3 is 6.09 Å². The molecule has 4 fully saturated rings. The summed E-state index contributed by atoms with van der Waals surface area (Å²) in [5.41, 5.74) is 8.43. The van der Waals surface area contributed by atoms with Gasteiger partial charge in [-0.05, 0) is 92.6 Å². The highest BCUT2D eigenvalue weighted by atomic mass is 19.1. The van der Waals surface area contributed by atoms with Crippen LogP contribution in [0.5, 0.6) is 0 Å².